The molecule has 51 heavy (non-hydrogen) atoms. The average molecular weight is 723 g/mol. The smallest absolute Gasteiger partial charge is 0.415 e. The fraction of sp³-hybridized carbons (Fsp3) is 0.389. The molecule has 0 radical (unpaired) electrons. The second-order valence-electron chi connectivity index (χ2n) is 12.4. The predicted molar refractivity (Wildman–Crippen MR) is 185 cm³/mol. The van der Waals surface area contributed by atoms with Crippen molar-refractivity contribution in [3.8, 4) is 5.75 Å². The van der Waals surface area contributed by atoms with Crippen LogP contribution in [0.3, 0.4) is 0 Å². The zero-order valence-corrected chi connectivity index (χ0v) is 29.2. The molecule has 2 aromatic carbocycles. The van der Waals surface area contributed by atoms with E-state index in [-0.39, 0.29) is 43.0 Å². The highest BCUT2D eigenvalue weighted by atomic mass is 31.2. The molecule has 1 fully saturated rings. The second-order valence-corrected chi connectivity index (χ2v) is 14.5. The van der Waals surface area contributed by atoms with Gasteiger partial charge in [-0.1, -0.05) is 36.4 Å². The summed E-state index contributed by atoms with van der Waals surface area (Å²) < 4.78 is 49.9. The summed E-state index contributed by atoms with van der Waals surface area (Å²) >= 11 is 0. The van der Waals surface area contributed by atoms with Crippen molar-refractivity contribution >= 4 is 31.8 Å². The molecule has 1 aliphatic carbocycles. The molecule has 0 saturated carbocycles. The molecule has 270 valence electrons. The molecule has 13 nitrogen and oxygen atoms in total. The van der Waals surface area contributed by atoms with Gasteiger partial charge in [0.25, 0.3) is 5.91 Å². The van der Waals surface area contributed by atoms with E-state index < -0.39 is 43.8 Å². The van der Waals surface area contributed by atoms with E-state index in [1.807, 2.05) is 4.90 Å². The molecular formula is C36H40FN4O9P. The molecule has 0 bridgehead atoms. The van der Waals surface area contributed by atoms with Gasteiger partial charge in [-0.3, -0.25) is 19.2 Å². The minimum absolute atomic E-state index is 0.0116. The van der Waals surface area contributed by atoms with E-state index in [1.165, 1.54) is 30.2 Å². The van der Waals surface area contributed by atoms with E-state index in [1.54, 1.807) is 66.4 Å². The lowest BCUT2D eigenvalue weighted by atomic mass is 9.84. The lowest BCUT2D eigenvalue weighted by Gasteiger charge is -2.35. The third-order valence-corrected chi connectivity index (χ3v) is 10.8. The number of esters is 1. The number of dihydropyridines is 1. The summed E-state index contributed by atoms with van der Waals surface area (Å²) in [6.07, 6.45) is 1.98. The van der Waals surface area contributed by atoms with Crippen LogP contribution in [-0.2, 0) is 34.7 Å². The first-order valence-corrected chi connectivity index (χ1v) is 18.5. The maximum absolute atomic E-state index is 13.9. The first-order valence-electron chi connectivity index (χ1n) is 16.8. The molecule has 2 amide bonds. The van der Waals surface area contributed by atoms with Crippen molar-refractivity contribution in [2.75, 3.05) is 52.0 Å². The zero-order valence-electron chi connectivity index (χ0n) is 28.4. The summed E-state index contributed by atoms with van der Waals surface area (Å²) in [5.41, 5.74) is 1.76. The van der Waals surface area contributed by atoms with Gasteiger partial charge in [0, 0.05) is 56.6 Å². The van der Waals surface area contributed by atoms with Crippen molar-refractivity contribution in [1.29, 1.82) is 0 Å². The Morgan fingerprint density at radius 1 is 1.08 bits per heavy atom. The summed E-state index contributed by atoms with van der Waals surface area (Å²) in [6, 6.07) is 13.6. The maximum Gasteiger partial charge on any atom is 0.415 e. The van der Waals surface area contributed by atoms with Crippen molar-refractivity contribution in [2.24, 2.45) is 4.99 Å². The maximum atomic E-state index is 13.9. The van der Waals surface area contributed by atoms with Crippen LogP contribution in [-0.4, -0.2) is 114 Å². The van der Waals surface area contributed by atoms with E-state index >= 15 is 0 Å². The number of carbonyl (C=O) groups excluding carboxylic acids is 3. The molecule has 3 unspecified atom stereocenters. The lowest BCUT2D eigenvalue weighted by Crippen LogP contribution is -2.49. The van der Waals surface area contributed by atoms with Gasteiger partial charge in [-0.05, 0) is 49.8 Å². The number of benzene rings is 2. The van der Waals surface area contributed by atoms with E-state index in [0.717, 1.165) is 0 Å². The normalized spacial score (nSPS) is 22.0. The number of carbonyl (C=O) groups is 3. The van der Waals surface area contributed by atoms with Crippen LogP contribution in [0.2, 0.25) is 0 Å². The molecule has 3 aliphatic heterocycles. The summed E-state index contributed by atoms with van der Waals surface area (Å²) in [6.45, 7) is 5.33. The third-order valence-electron chi connectivity index (χ3n) is 8.97. The number of aliphatic imine (C=N–C) groups is 1. The number of halogens is 1. The van der Waals surface area contributed by atoms with Gasteiger partial charge in [-0.25, -0.2) is 18.5 Å². The summed E-state index contributed by atoms with van der Waals surface area (Å²) in [4.78, 5) is 48.9. The number of piperazine rings is 1. The summed E-state index contributed by atoms with van der Waals surface area (Å²) in [7, 11) is -3.81. The van der Waals surface area contributed by atoms with Crippen molar-refractivity contribution in [1.82, 2.24) is 14.7 Å². The van der Waals surface area contributed by atoms with Crippen LogP contribution in [0.5, 0.6) is 5.75 Å². The van der Waals surface area contributed by atoms with E-state index in [2.05, 4.69) is 4.99 Å². The fourth-order valence-corrected chi connectivity index (χ4v) is 8.12. The second kappa shape index (κ2) is 15.7. The highest BCUT2D eigenvalue weighted by molar-refractivity contribution is 7.54. The molecule has 0 spiro atoms. The Morgan fingerprint density at radius 3 is 2.51 bits per heavy atom. The first-order chi connectivity index (χ1) is 24.5. The van der Waals surface area contributed by atoms with Crippen LogP contribution < -0.4 is 4.52 Å². The number of fused-ring (bicyclic) bond motifs is 1. The Hall–Kier alpha value is -4.62. The van der Waals surface area contributed by atoms with Gasteiger partial charge in [-0.2, -0.15) is 0 Å². The number of amides is 2. The highest BCUT2D eigenvalue weighted by Gasteiger charge is 2.46. The zero-order chi connectivity index (χ0) is 36.1. The summed E-state index contributed by atoms with van der Waals surface area (Å²) in [5.74, 6) is -0.891. The highest BCUT2D eigenvalue weighted by Crippen LogP contribution is 2.49. The standard InChI is InChI=1S/C36H40FN4O9P/c1-3-47-35(44)24(2)49-51(46,50-27-8-5-4-6-9-27)21-20-39-16-18-40(19-17-39)36(45)48-33-28-10-7-15-38-31(28)32(42)30-29(33)23-41(34(30)43)22-25-11-13-26(37)14-12-25/h4-15,24,31-32,42H,3,16-23H2,1-2H3/t24-,31?,32?,51?/m0/s1. The Kier molecular flexibility index (Phi) is 11.2. The number of hydrogen-bond acceptors (Lipinski definition) is 11. The number of nitrogens with zero attached hydrogens (tertiary/aromatic N) is 4. The van der Waals surface area contributed by atoms with Gasteiger partial charge in [0.1, 0.15) is 29.5 Å². The van der Waals surface area contributed by atoms with Gasteiger partial charge in [-0.15, -0.1) is 0 Å². The topological polar surface area (TPSA) is 148 Å². The SMILES string of the molecule is CCOC(=O)[C@H](C)OP(=O)(CCN1CCN(C(=O)OC2=C3C=CC=NC3C(O)C3=C2CN(Cc2ccc(F)cc2)C3=O)CC1)Oc1ccccc1. The largest absolute Gasteiger partial charge is 0.464 e. The number of rotatable bonds is 12. The Morgan fingerprint density at radius 2 is 1.80 bits per heavy atom. The van der Waals surface area contributed by atoms with Crippen LogP contribution in [0, 0.1) is 5.82 Å². The Bertz CT molecular complexity index is 1810. The predicted octanol–water partition coefficient (Wildman–Crippen LogP) is 4.10. The molecule has 2 aromatic rings. The van der Waals surface area contributed by atoms with Gasteiger partial charge in [0.2, 0.25) is 0 Å². The number of para-hydroxylation sites is 1. The number of hydrogen-bond donors (Lipinski definition) is 1. The third kappa shape index (κ3) is 8.31. The van der Waals surface area contributed by atoms with E-state index in [0.29, 0.717) is 55.2 Å². The summed E-state index contributed by atoms with van der Waals surface area (Å²) in [5, 5.41) is 11.2. The minimum atomic E-state index is -3.81. The Balaban J connectivity index is 1.10. The van der Waals surface area contributed by atoms with Gasteiger partial charge in [0.15, 0.2) is 6.10 Å². The van der Waals surface area contributed by atoms with Crippen molar-refractivity contribution < 1.29 is 47.0 Å². The molecule has 6 rings (SSSR count). The van der Waals surface area contributed by atoms with Crippen LogP contribution in [0.4, 0.5) is 9.18 Å². The fourth-order valence-electron chi connectivity index (χ4n) is 6.34. The number of aliphatic hydroxyl groups is 1. The van der Waals surface area contributed by atoms with Crippen molar-refractivity contribution in [2.45, 2.75) is 38.6 Å². The number of allylic oxidation sites excluding steroid dienone is 1. The number of aliphatic hydroxyl groups excluding tert-OH is 1. The lowest BCUT2D eigenvalue weighted by molar-refractivity contribution is -0.150. The monoisotopic (exact) mass is 722 g/mol. The molecule has 15 heteroatoms. The number of ether oxygens (including phenoxy) is 2. The van der Waals surface area contributed by atoms with Gasteiger partial charge in [0.05, 0.1) is 24.9 Å². The van der Waals surface area contributed by atoms with E-state index in [4.69, 9.17) is 18.5 Å². The molecule has 1 N–H and O–H groups in total. The quantitative estimate of drug-likeness (QED) is 0.251. The van der Waals surface area contributed by atoms with Crippen LogP contribution in [0.1, 0.15) is 19.4 Å². The molecule has 0 aromatic heterocycles. The van der Waals surface area contributed by atoms with Crippen molar-refractivity contribution in [3.05, 3.63) is 101 Å². The van der Waals surface area contributed by atoms with Gasteiger partial charge >= 0.3 is 19.7 Å². The molecular weight excluding hydrogens is 682 g/mol. The Labute approximate surface area is 295 Å². The first kappa shape index (κ1) is 36.2. The van der Waals surface area contributed by atoms with Crippen LogP contribution >= 0.6 is 7.60 Å². The van der Waals surface area contributed by atoms with Crippen LogP contribution in [0.15, 0.2) is 94.2 Å². The molecule has 4 atom stereocenters. The molecule has 4 aliphatic rings. The average Bonchev–Trinajstić information content (AvgIpc) is 3.46. The molecule has 1 saturated heterocycles. The molecule has 3 heterocycles. The van der Waals surface area contributed by atoms with E-state index in [9.17, 15) is 28.4 Å². The van der Waals surface area contributed by atoms with Gasteiger partial charge < -0.3 is 28.9 Å². The van der Waals surface area contributed by atoms with Crippen LogP contribution in [0.25, 0.3) is 0 Å². The van der Waals surface area contributed by atoms with Crippen molar-refractivity contribution in [3.63, 3.8) is 0 Å². The minimum Gasteiger partial charge on any atom is -0.464 e.